The number of nitrogens with one attached hydrogen (secondary N) is 2. The number of thioether (sulfide) groups is 1. The maximum absolute atomic E-state index is 13.5. The van der Waals surface area contributed by atoms with Crippen LogP contribution in [0.1, 0.15) is 25.3 Å². The first-order valence-electron chi connectivity index (χ1n) is 7.26. The van der Waals surface area contributed by atoms with Gasteiger partial charge in [0.15, 0.2) is 5.96 Å². The zero-order valence-corrected chi connectivity index (χ0v) is 14.6. The fourth-order valence-corrected chi connectivity index (χ4v) is 3.61. The summed E-state index contributed by atoms with van der Waals surface area (Å²) in [5.41, 5.74) is 0.864. The van der Waals surface area contributed by atoms with Gasteiger partial charge in [0, 0.05) is 18.3 Å². The molecule has 1 aromatic carbocycles. The summed E-state index contributed by atoms with van der Waals surface area (Å²) in [7, 11) is 0. The first kappa shape index (κ1) is 16.6. The molecule has 0 saturated carbocycles. The summed E-state index contributed by atoms with van der Waals surface area (Å²) in [5, 5.41) is 7.28. The third kappa shape index (κ3) is 5.51. The number of halogens is 2. The maximum Gasteiger partial charge on any atom is 0.191 e. The minimum atomic E-state index is -0.247. The van der Waals surface area contributed by atoms with E-state index in [1.54, 1.807) is 6.07 Å². The Morgan fingerprint density at radius 2 is 2.33 bits per heavy atom. The Balaban J connectivity index is 1.90. The highest BCUT2D eigenvalue weighted by atomic mass is 79.9. The number of nitrogens with zero attached hydrogens (tertiary/aromatic N) is 1. The summed E-state index contributed by atoms with van der Waals surface area (Å²) >= 11 is 5.18. The van der Waals surface area contributed by atoms with E-state index in [0.29, 0.717) is 16.3 Å². The normalized spacial score (nSPS) is 18.8. The van der Waals surface area contributed by atoms with Crippen molar-refractivity contribution < 1.29 is 4.39 Å². The minimum absolute atomic E-state index is 0.247. The molecule has 6 heteroatoms. The van der Waals surface area contributed by atoms with E-state index in [0.717, 1.165) is 24.6 Å². The molecule has 0 amide bonds. The van der Waals surface area contributed by atoms with Crippen LogP contribution < -0.4 is 10.6 Å². The van der Waals surface area contributed by atoms with Gasteiger partial charge in [0.25, 0.3) is 0 Å². The van der Waals surface area contributed by atoms with Crippen LogP contribution in [0, 0.1) is 5.82 Å². The second-order valence-corrected chi connectivity index (χ2v) is 7.22. The molecule has 0 bridgehead atoms. The molecular weight excluding hydrogens is 353 g/mol. The van der Waals surface area contributed by atoms with Crippen molar-refractivity contribution in [3.63, 3.8) is 0 Å². The lowest BCUT2D eigenvalue weighted by atomic mass is 10.2. The van der Waals surface area contributed by atoms with Crippen molar-refractivity contribution in [2.75, 3.05) is 18.8 Å². The smallest absolute Gasteiger partial charge is 0.191 e. The van der Waals surface area contributed by atoms with Crippen LogP contribution in [0.2, 0.25) is 0 Å². The molecule has 116 valence electrons. The Labute approximate surface area is 138 Å². The van der Waals surface area contributed by atoms with Crippen LogP contribution in [0.15, 0.2) is 27.7 Å². The minimum Gasteiger partial charge on any atom is -0.357 e. The quantitative estimate of drug-likeness (QED) is 0.612. The van der Waals surface area contributed by atoms with E-state index in [1.807, 2.05) is 24.8 Å². The van der Waals surface area contributed by atoms with Gasteiger partial charge in [-0.05, 0) is 59.1 Å². The van der Waals surface area contributed by atoms with Gasteiger partial charge in [-0.3, -0.25) is 0 Å². The van der Waals surface area contributed by atoms with E-state index in [2.05, 4.69) is 31.6 Å². The number of aliphatic imine (C=N–C) groups is 1. The van der Waals surface area contributed by atoms with Crippen molar-refractivity contribution in [2.24, 2.45) is 4.99 Å². The number of benzene rings is 1. The van der Waals surface area contributed by atoms with Gasteiger partial charge in [-0.1, -0.05) is 6.07 Å². The molecule has 2 N–H and O–H groups in total. The second-order valence-electron chi connectivity index (χ2n) is 4.96. The molecule has 0 aliphatic carbocycles. The molecule has 1 unspecified atom stereocenters. The number of hydrogen-bond acceptors (Lipinski definition) is 2. The third-order valence-electron chi connectivity index (χ3n) is 3.27. The lowest BCUT2D eigenvalue weighted by molar-refractivity contribution is 0.618. The molecule has 0 spiro atoms. The van der Waals surface area contributed by atoms with Gasteiger partial charge in [0.05, 0.1) is 11.0 Å². The van der Waals surface area contributed by atoms with Crippen molar-refractivity contribution in [2.45, 2.75) is 31.6 Å². The van der Waals surface area contributed by atoms with E-state index in [9.17, 15) is 4.39 Å². The topological polar surface area (TPSA) is 36.4 Å². The third-order valence-corrected chi connectivity index (χ3v) is 5.31. The fourth-order valence-electron chi connectivity index (χ4n) is 2.17. The SMILES string of the molecule is CCNC(=NCc1ccc(Br)c(F)c1)NCC1CCCS1. The van der Waals surface area contributed by atoms with Gasteiger partial charge in [0.1, 0.15) is 5.82 Å². The summed E-state index contributed by atoms with van der Waals surface area (Å²) in [4.78, 5) is 4.52. The zero-order valence-electron chi connectivity index (χ0n) is 12.2. The van der Waals surface area contributed by atoms with Crippen LogP contribution >= 0.6 is 27.7 Å². The monoisotopic (exact) mass is 373 g/mol. The van der Waals surface area contributed by atoms with Crippen molar-refractivity contribution >= 4 is 33.7 Å². The van der Waals surface area contributed by atoms with Gasteiger partial charge in [0.2, 0.25) is 0 Å². The zero-order chi connectivity index (χ0) is 15.1. The van der Waals surface area contributed by atoms with Crippen molar-refractivity contribution in [1.29, 1.82) is 0 Å². The van der Waals surface area contributed by atoms with Crippen LogP contribution in [0.5, 0.6) is 0 Å². The summed E-state index contributed by atoms with van der Waals surface area (Å²) in [6, 6.07) is 5.12. The van der Waals surface area contributed by atoms with Gasteiger partial charge in [-0.25, -0.2) is 9.38 Å². The van der Waals surface area contributed by atoms with Crippen LogP contribution in [0.3, 0.4) is 0 Å². The Morgan fingerprint density at radius 1 is 1.48 bits per heavy atom. The molecule has 1 aliphatic rings. The highest BCUT2D eigenvalue weighted by molar-refractivity contribution is 9.10. The lowest BCUT2D eigenvalue weighted by Crippen LogP contribution is -2.40. The first-order chi connectivity index (χ1) is 10.2. The average Bonchev–Trinajstić information content (AvgIpc) is 2.99. The van der Waals surface area contributed by atoms with Crippen molar-refractivity contribution in [1.82, 2.24) is 10.6 Å². The lowest BCUT2D eigenvalue weighted by Gasteiger charge is -2.14. The molecule has 3 nitrogen and oxygen atoms in total. The maximum atomic E-state index is 13.5. The summed E-state index contributed by atoms with van der Waals surface area (Å²) in [6.07, 6.45) is 2.58. The van der Waals surface area contributed by atoms with Crippen LogP contribution in [0.25, 0.3) is 0 Å². The number of hydrogen-bond donors (Lipinski definition) is 2. The Hall–Kier alpha value is -0.750. The largest absolute Gasteiger partial charge is 0.357 e. The van der Waals surface area contributed by atoms with E-state index in [4.69, 9.17) is 0 Å². The molecular formula is C15H21BrFN3S. The van der Waals surface area contributed by atoms with Crippen LogP contribution in [-0.4, -0.2) is 30.1 Å². The molecule has 1 atom stereocenters. The predicted molar refractivity (Wildman–Crippen MR) is 92.4 cm³/mol. The van der Waals surface area contributed by atoms with Crippen molar-refractivity contribution in [3.05, 3.63) is 34.1 Å². The first-order valence-corrected chi connectivity index (χ1v) is 9.11. The van der Waals surface area contributed by atoms with E-state index >= 15 is 0 Å². The molecule has 0 aromatic heterocycles. The number of rotatable bonds is 5. The standard InChI is InChI=1S/C15H21BrFN3S/c1-2-18-15(20-10-12-4-3-7-21-12)19-9-11-5-6-13(16)14(17)8-11/h5-6,8,12H,2-4,7,9-10H2,1H3,(H2,18,19,20). The molecule has 1 aromatic rings. The Morgan fingerprint density at radius 3 is 3.00 bits per heavy atom. The highest BCUT2D eigenvalue weighted by Gasteiger charge is 2.15. The van der Waals surface area contributed by atoms with Crippen LogP contribution in [-0.2, 0) is 6.54 Å². The van der Waals surface area contributed by atoms with Gasteiger partial charge in [-0.15, -0.1) is 0 Å². The molecule has 1 fully saturated rings. The Kier molecular flexibility index (Phi) is 6.83. The Bertz CT molecular complexity index is 490. The van der Waals surface area contributed by atoms with E-state index < -0.39 is 0 Å². The van der Waals surface area contributed by atoms with Gasteiger partial charge < -0.3 is 10.6 Å². The molecule has 0 radical (unpaired) electrons. The average molecular weight is 374 g/mol. The summed E-state index contributed by atoms with van der Waals surface area (Å²) in [5.74, 6) is 1.81. The van der Waals surface area contributed by atoms with Gasteiger partial charge in [-0.2, -0.15) is 11.8 Å². The molecule has 1 saturated heterocycles. The highest BCUT2D eigenvalue weighted by Crippen LogP contribution is 2.25. The van der Waals surface area contributed by atoms with Gasteiger partial charge >= 0.3 is 0 Å². The molecule has 1 aliphatic heterocycles. The second kappa shape index (κ2) is 8.63. The van der Waals surface area contributed by atoms with Crippen molar-refractivity contribution in [3.8, 4) is 0 Å². The fraction of sp³-hybridized carbons (Fsp3) is 0.533. The molecule has 21 heavy (non-hydrogen) atoms. The van der Waals surface area contributed by atoms with Crippen LogP contribution in [0.4, 0.5) is 4.39 Å². The number of guanidine groups is 1. The predicted octanol–water partition coefficient (Wildman–Crippen LogP) is 3.54. The molecule has 2 rings (SSSR count). The molecule has 1 heterocycles. The summed E-state index contributed by atoms with van der Waals surface area (Å²) < 4.78 is 14.0. The van der Waals surface area contributed by atoms with E-state index in [-0.39, 0.29) is 5.82 Å². The van der Waals surface area contributed by atoms with E-state index in [1.165, 1.54) is 24.7 Å². The summed E-state index contributed by atoms with van der Waals surface area (Å²) in [6.45, 7) is 4.27.